The summed E-state index contributed by atoms with van der Waals surface area (Å²) in [5, 5.41) is 9.55. The standard InChI is InChI=1S/C16H24BNO3/c1-12(2)21-15-6-4-13(5-7-15)16(19)14-8-10-18(11-9-14)17(3)20/h4-7,12,14,20H,8-11H2,1-3H3. The molecule has 1 heterocycles. The van der Waals surface area contributed by atoms with E-state index in [0.717, 1.165) is 37.2 Å². The van der Waals surface area contributed by atoms with E-state index in [1.165, 1.54) is 0 Å². The van der Waals surface area contributed by atoms with E-state index in [1.54, 1.807) is 6.82 Å². The first-order valence-corrected chi connectivity index (χ1v) is 7.70. The van der Waals surface area contributed by atoms with Crippen LogP contribution in [-0.2, 0) is 0 Å². The average Bonchev–Trinajstić information content (AvgIpc) is 2.47. The number of hydrogen-bond donors (Lipinski definition) is 1. The van der Waals surface area contributed by atoms with Crippen LogP contribution in [0, 0.1) is 5.92 Å². The normalized spacial score (nSPS) is 17.0. The molecule has 0 atom stereocenters. The number of rotatable bonds is 5. The molecule has 4 nitrogen and oxygen atoms in total. The summed E-state index contributed by atoms with van der Waals surface area (Å²) in [6.07, 6.45) is 1.76. The predicted molar refractivity (Wildman–Crippen MR) is 84.7 cm³/mol. The van der Waals surface area contributed by atoms with Crippen molar-refractivity contribution in [2.45, 2.75) is 39.6 Å². The lowest BCUT2D eigenvalue weighted by molar-refractivity contribution is 0.0870. The number of ether oxygens (including phenoxy) is 1. The highest BCUT2D eigenvalue weighted by Crippen LogP contribution is 2.23. The molecule has 0 aliphatic carbocycles. The van der Waals surface area contributed by atoms with E-state index in [-0.39, 0.29) is 17.8 Å². The molecular weight excluding hydrogens is 265 g/mol. The summed E-state index contributed by atoms with van der Waals surface area (Å²) in [7, 11) is -0.423. The van der Waals surface area contributed by atoms with E-state index in [2.05, 4.69) is 0 Å². The van der Waals surface area contributed by atoms with Crippen LogP contribution in [0.3, 0.4) is 0 Å². The maximum absolute atomic E-state index is 12.5. The van der Waals surface area contributed by atoms with Crippen molar-refractivity contribution in [1.82, 2.24) is 4.81 Å². The van der Waals surface area contributed by atoms with Crippen LogP contribution in [0.15, 0.2) is 24.3 Å². The molecule has 5 heteroatoms. The molecule has 1 aliphatic rings. The largest absolute Gasteiger partial charge is 0.491 e. The minimum absolute atomic E-state index is 0.0665. The molecule has 1 N–H and O–H groups in total. The number of ketones is 1. The summed E-state index contributed by atoms with van der Waals surface area (Å²) in [6.45, 7) is 7.30. The van der Waals surface area contributed by atoms with Crippen LogP contribution in [0.1, 0.15) is 37.0 Å². The fourth-order valence-corrected chi connectivity index (χ4v) is 2.74. The minimum Gasteiger partial charge on any atom is -0.491 e. The molecule has 0 aromatic heterocycles. The molecule has 0 radical (unpaired) electrons. The van der Waals surface area contributed by atoms with Gasteiger partial charge in [0.05, 0.1) is 6.10 Å². The van der Waals surface area contributed by atoms with Crippen molar-refractivity contribution in [2.24, 2.45) is 5.92 Å². The lowest BCUT2D eigenvalue weighted by Crippen LogP contribution is -2.44. The fraction of sp³-hybridized carbons (Fsp3) is 0.562. The van der Waals surface area contributed by atoms with E-state index in [4.69, 9.17) is 4.74 Å². The molecular formula is C16H24BNO3. The Labute approximate surface area is 127 Å². The van der Waals surface area contributed by atoms with Gasteiger partial charge in [0.2, 0.25) is 0 Å². The Hall–Kier alpha value is -1.33. The monoisotopic (exact) mass is 289 g/mol. The fourth-order valence-electron chi connectivity index (χ4n) is 2.74. The molecule has 1 saturated heterocycles. The zero-order chi connectivity index (χ0) is 15.4. The summed E-state index contributed by atoms with van der Waals surface area (Å²) in [4.78, 5) is 14.5. The van der Waals surface area contributed by atoms with Crippen molar-refractivity contribution in [3.8, 4) is 5.75 Å². The van der Waals surface area contributed by atoms with Crippen molar-refractivity contribution in [2.75, 3.05) is 13.1 Å². The van der Waals surface area contributed by atoms with Gasteiger partial charge in [0.25, 0.3) is 0 Å². The molecule has 114 valence electrons. The summed E-state index contributed by atoms with van der Waals surface area (Å²) in [5.74, 6) is 1.07. The molecule has 0 spiro atoms. The smallest absolute Gasteiger partial charge is 0.376 e. The Morgan fingerprint density at radius 3 is 2.33 bits per heavy atom. The summed E-state index contributed by atoms with van der Waals surface area (Å²) >= 11 is 0. The molecule has 1 aliphatic heterocycles. The zero-order valence-corrected chi connectivity index (χ0v) is 13.1. The lowest BCUT2D eigenvalue weighted by atomic mass is 9.79. The minimum atomic E-state index is -0.423. The third kappa shape index (κ3) is 4.32. The van der Waals surface area contributed by atoms with Gasteiger partial charge in [-0.15, -0.1) is 0 Å². The van der Waals surface area contributed by atoms with Crippen molar-refractivity contribution in [1.29, 1.82) is 0 Å². The maximum Gasteiger partial charge on any atom is 0.376 e. The van der Waals surface area contributed by atoms with Gasteiger partial charge in [0.1, 0.15) is 5.75 Å². The van der Waals surface area contributed by atoms with E-state index in [1.807, 2.05) is 42.9 Å². The van der Waals surface area contributed by atoms with Crippen molar-refractivity contribution >= 4 is 12.8 Å². The Bertz CT molecular complexity index is 465. The van der Waals surface area contributed by atoms with Gasteiger partial charge in [-0.1, -0.05) is 0 Å². The number of Topliss-reactive ketones (excluding diaryl/α,β-unsaturated/α-hetero) is 1. The van der Waals surface area contributed by atoms with Crippen LogP contribution in [0.2, 0.25) is 6.82 Å². The molecule has 1 aromatic carbocycles. The molecule has 1 fully saturated rings. The molecule has 21 heavy (non-hydrogen) atoms. The van der Waals surface area contributed by atoms with E-state index in [0.29, 0.717) is 0 Å². The van der Waals surface area contributed by atoms with Crippen LogP contribution in [0.4, 0.5) is 0 Å². The first kappa shape index (κ1) is 16.1. The molecule has 0 unspecified atom stereocenters. The van der Waals surface area contributed by atoms with Crippen LogP contribution in [0.25, 0.3) is 0 Å². The SMILES string of the molecule is CB(O)N1CCC(C(=O)c2ccc(OC(C)C)cc2)CC1. The van der Waals surface area contributed by atoms with Gasteiger partial charge < -0.3 is 14.6 Å². The zero-order valence-electron chi connectivity index (χ0n) is 13.1. The lowest BCUT2D eigenvalue weighted by Gasteiger charge is -2.31. The van der Waals surface area contributed by atoms with Gasteiger partial charge in [0, 0.05) is 11.5 Å². The molecule has 1 aromatic rings. The van der Waals surface area contributed by atoms with Gasteiger partial charge in [-0.2, -0.15) is 0 Å². The molecule has 0 bridgehead atoms. The second-order valence-electron chi connectivity index (χ2n) is 6.00. The number of carbonyl (C=O) groups is 1. The Morgan fingerprint density at radius 1 is 1.29 bits per heavy atom. The number of piperidine rings is 1. The number of carbonyl (C=O) groups excluding carboxylic acids is 1. The predicted octanol–water partition coefficient (Wildman–Crippen LogP) is 2.48. The number of benzene rings is 1. The third-order valence-corrected chi connectivity index (χ3v) is 3.94. The van der Waals surface area contributed by atoms with Crippen LogP contribution in [-0.4, -0.2) is 41.9 Å². The Morgan fingerprint density at radius 2 is 1.86 bits per heavy atom. The van der Waals surface area contributed by atoms with Crippen LogP contribution in [0.5, 0.6) is 5.75 Å². The average molecular weight is 289 g/mol. The van der Waals surface area contributed by atoms with Gasteiger partial charge >= 0.3 is 7.05 Å². The topological polar surface area (TPSA) is 49.8 Å². The first-order valence-electron chi connectivity index (χ1n) is 7.70. The molecule has 0 saturated carbocycles. The molecule has 0 amide bonds. The van der Waals surface area contributed by atoms with Gasteiger partial charge in [-0.3, -0.25) is 4.79 Å². The van der Waals surface area contributed by atoms with E-state index >= 15 is 0 Å². The van der Waals surface area contributed by atoms with Gasteiger partial charge in [-0.25, -0.2) is 0 Å². The highest BCUT2D eigenvalue weighted by atomic mass is 16.5. The van der Waals surface area contributed by atoms with Crippen LogP contribution >= 0.6 is 0 Å². The Kier molecular flexibility index (Phi) is 5.42. The van der Waals surface area contributed by atoms with Crippen LogP contribution < -0.4 is 4.74 Å². The van der Waals surface area contributed by atoms with Gasteiger partial charge in [-0.05, 0) is 70.9 Å². The summed E-state index contributed by atoms with van der Waals surface area (Å²) in [5.41, 5.74) is 0.751. The van der Waals surface area contributed by atoms with Crippen molar-refractivity contribution < 1.29 is 14.6 Å². The maximum atomic E-state index is 12.5. The summed E-state index contributed by atoms with van der Waals surface area (Å²) in [6, 6.07) is 7.42. The second kappa shape index (κ2) is 7.10. The third-order valence-electron chi connectivity index (χ3n) is 3.94. The van der Waals surface area contributed by atoms with E-state index < -0.39 is 7.05 Å². The second-order valence-corrected chi connectivity index (χ2v) is 6.00. The highest BCUT2D eigenvalue weighted by molar-refractivity contribution is 6.45. The molecule has 2 rings (SSSR count). The number of hydrogen-bond acceptors (Lipinski definition) is 4. The highest BCUT2D eigenvalue weighted by Gasteiger charge is 2.28. The number of nitrogens with zero attached hydrogens (tertiary/aromatic N) is 1. The van der Waals surface area contributed by atoms with Crippen molar-refractivity contribution in [3.05, 3.63) is 29.8 Å². The first-order chi connectivity index (χ1) is 9.97. The Balaban J connectivity index is 1.94. The van der Waals surface area contributed by atoms with Crippen molar-refractivity contribution in [3.63, 3.8) is 0 Å². The summed E-state index contributed by atoms with van der Waals surface area (Å²) < 4.78 is 5.59. The quantitative estimate of drug-likeness (QED) is 0.668. The van der Waals surface area contributed by atoms with Gasteiger partial charge in [0.15, 0.2) is 5.78 Å². The van der Waals surface area contributed by atoms with E-state index in [9.17, 15) is 9.82 Å².